The van der Waals surface area contributed by atoms with Crippen LogP contribution in [0.15, 0.2) is 66.7 Å². The number of rotatable bonds is 7. The molecule has 0 aliphatic rings. The number of nitrogens with one attached hydrogen (secondary N) is 1. The van der Waals surface area contributed by atoms with E-state index in [0.717, 1.165) is 26.1 Å². The fourth-order valence-corrected chi connectivity index (χ4v) is 5.06. The summed E-state index contributed by atoms with van der Waals surface area (Å²) in [5, 5.41) is 12.8. The van der Waals surface area contributed by atoms with E-state index in [1.807, 2.05) is 25.1 Å². The van der Waals surface area contributed by atoms with Crippen LogP contribution >= 0.6 is 11.3 Å². The number of fused-ring (bicyclic) bond motifs is 1. The van der Waals surface area contributed by atoms with Crippen molar-refractivity contribution in [2.45, 2.75) is 26.1 Å². The fraction of sp³-hybridized carbons (Fsp3) is 0.192. The normalized spacial score (nSPS) is 11.8. The molecular weight excluding hydrogens is 447 g/mol. The van der Waals surface area contributed by atoms with Crippen LogP contribution < -0.4 is 5.32 Å². The predicted octanol–water partition coefficient (Wildman–Crippen LogP) is 7.13. The van der Waals surface area contributed by atoms with Crippen molar-refractivity contribution in [1.29, 1.82) is 0 Å². The van der Waals surface area contributed by atoms with Crippen molar-refractivity contribution in [3.63, 3.8) is 0 Å². The molecule has 1 aromatic heterocycles. The number of hydrogen-bond acceptors (Lipinski definition) is 3. The Bertz CT molecular complexity index is 1300. The molecule has 0 aliphatic carbocycles. The molecule has 3 nitrogen and oxygen atoms in total. The number of aliphatic carboxylic acids is 1. The average molecular weight is 470 g/mol. The van der Waals surface area contributed by atoms with Crippen LogP contribution in [-0.2, 0) is 17.5 Å². The van der Waals surface area contributed by atoms with E-state index in [9.17, 15) is 18.0 Å². The van der Waals surface area contributed by atoms with Crippen LogP contribution in [0.3, 0.4) is 0 Å². The van der Waals surface area contributed by atoms with E-state index in [4.69, 9.17) is 5.11 Å². The minimum atomic E-state index is -4.47. The Labute approximate surface area is 193 Å². The third-order valence-electron chi connectivity index (χ3n) is 5.52. The van der Waals surface area contributed by atoms with Gasteiger partial charge in [0.1, 0.15) is 0 Å². The lowest BCUT2D eigenvalue weighted by Gasteiger charge is -2.15. The second kappa shape index (κ2) is 9.37. The molecule has 4 rings (SSSR count). The minimum absolute atomic E-state index is 0.0460. The largest absolute Gasteiger partial charge is 0.481 e. The van der Waals surface area contributed by atoms with E-state index < -0.39 is 17.7 Å². The summed E-state index contributed by atoms with van der Waals surface area (Å²) in [6.07, 6.45) is -4.43. The lowest BCUT2D eigenvalue weighted by molar-refractivity contribution is -0.137. The monoisotopic (exact) mass is 469 g/mol. The van der Waals surface area contributed by atoms with Gasteiger partial charge in [0, 0.05) is 22.7 Å². The van der Waals surface area contributed by atoms with Gasteiger partial charge in [-0.05, 0) is 58.3 Å². The Balaban J connectivity index is 1.70. The maximum Gasteiger partial charge on any atom is 0.417 e. The third-order valence-corrected chi connectivity index (χ3v) is 6.84. The van der Waals surface area contributed by atoms with Crippen molar-refractivity contribution in [3.8, 4) is 21.6 Å². The van der Waals surface area contributed by atoms with Crippen LogP contribution in [0.4, 0.5) is 13.2 Å². The summed E-state index contributed by atoms with van der Waals surface area (Å²) in [5.41, 5.74) is 2.52. The quantitative estimate of drug-likeness (QED) is 0.283. The molecule has 3 aromatic carbocycles. The summed E-state index contributed by atoms with van der Waals surface area (Å²) in [6.45, 7) is 2.82. The van der Waals surface area contributed by atoms with Gasteiger partial charge in [-0.15, -0.1) is 11.3 Å². The molecule has 0 aliphatic heterocycles. The van der Waals surface area contributed by atoms with E-state index in [-0.39, 0.29) is 12.0 Å². The van der Waals surface area contributed by atoms with Crippen LogP contribution in [0.25, 0.3) is 31.7 Å². The van der Waals surface area contributed by atoms with Gasteiger partial charge in [-0.1, -0.05) is 48.5 Å². The molecule has 0 saturated heterocycles. The summed E-state index contributed by atoms with van der Waals surface area (Å²) < 4.78 is 42.8. The molecular formula is C26H22F3NO2S. The lowest BCUT2D eigenvalue weighted by Crippen LogP contribution is -2.17. The zero-order valence-electron chi connectivity index (χ0n) is 17.9. The second-order valence-corrected chi connectivity index (χ2v) is 8.88. The molecule has 0 saturated carbocycles. The number of aryl methyl sites for hydroxylation is 1. The molecule has 0 fully saturated rings. The van der Waals surface area contributed by atoms with E-state index in [2.05, 4.69) is 5.32 Å². The van der Waals surface area contributed by atoms with Crippen LogP contribution in [0.2, 0.25) is 0 Å². The fourth-order valence-electron chi connectivity index (χ4n) is 3.87. The van der Waals surface area contributed by atoms with E-state index in [1.54, 1.807) is 42.5 Å². The number of carbonyl (C=O) groups is 1. The predicted molar refractivity (Wildman–Crippen MR) is 126 cm³/mol. The van der Waals surface area contributed by atoms with Crippen molar-refractivity contribution >= 4 is 27.4 Å². The zero-order chi connectivity index (χ0) is 23.6. The molecule has 7 heteroatoms. The van der Waals surface area contributed by atoms with Crippen molar-refractivity contribution in [1.82, 2.24) is 5.32 Å². The molecule has 1 heterocycles. The topological polar surface area (TPSA) is 49.3 Å². The first kappa shape index (κ1) is 23.0. The summed E-state index contributed by atoms with van der Waals surface area (Å²) in [4.78, 5) is 11.5. The van der Waals surface area contributed by atoms with Gasteiger partial charge in [0.25, 0.3) is 0 Å². The van der Waals surface area contributed by atoms with Crippen molar-refractivity contribution in [3.05, 3.63) is 83.4 Å². The Hall–Kier alpha value is -3.16. The molecule has 2 N–H and O–H groups in total. The zero-order valence-corrected chi connectivity index (χ0v) is 18.7. The highest BCUT2D eigenvalue weighted by atomic mass is 32.1. The molecule has 0 amide bonds. The molecule has 0 spiro atoms. The van der Waals surface area contributed by atoms with Gasteiger partial charge in [-0.2, -0.15) is 13.2 Å². The van der Waals surface area contributed by atoms with Gasteiger partial charge in [0.2, 0.25) is 0 Å². The molecule has 0 radical (unpaired) electrons. The van der Waals surface area contributed by atoms with E-state index in [0.29, 0.717) is 24.2 Å². The molecule has 170 valence electrons. The van der Waals surface area contributed by atoms with Crippen molar-refractivity contribution in [2.24, 2.45) is 0 Å². The summed E-state index contributed by atoms with van der Waals surface area (Å²) in [7, 11) is 0. The third kappa shape index (κ3) is 5.10. The minimum Gasteiger partial charge on any atom is -0.481 e. The molecule has 0 atom stereocenters. The maximum atomic E-state index is 13.9. The van der Waals surface area contributed by atoms with Gasteiger partial charge in [0.15, 0.2) is 0 Å². The summed E-state index contributed by atoms with van der Waals surface area (Å²) in [6, 6.07) is 19.1. The molecule has 0 bridgehead atoms. The highest BCUT2D eigenvalue weighted by Crippen LogP contribution is 2.43. The Morgan fingerprint density at radius 1 is 1.00 bits per heavy atom. The van der Waals surface area contributed by atoms with E-state index in [1.165, 1.54) is 17.4 Å². The number of carboxylic acid groups (broad SMARTS) is 1. The highest BCUT2D eigenvalue weighted by molar-refractivity contribution is 7.22. The Morgan fingerprint density at radius 2 is 1.76 bits per heavy atom. The maximum absolute atomic E-state index is 13.9. The lowest BCUT2D eigenvalue weighted by atomic mass is 9.95. The van der Waals surface area contributed by atoms with Crippen LogP contribution in [0.1, 0.15) is 23.1 Å². The molecule has 0 unspecified atom stereocenters. The van der Waals surface area contributed by atoms with Gasteiger partial charge in [-0.25, -0.2) is 0 Å². The van der Waals surface area contributed by atoms with Gasteiger partial charge < -0.3 is 10.4 Å². The van der Waals surface area contributed by atoms with Crippen molar-refractivity contribution in [2.75, 3.05) is 6.54 Å². The number of thiophene rings is 1. The van der Waals surface area contributed by atoms with Crippen LogP contribution in [0.5, 0.6) is 0 Å². The average Bonchev–Trinajstić information content (AvgIpc) is 3.12. The smallest absolute Gasteiger partial charge is 0.417 e. The molecule has 33 heavy (non-hydrogen) atoms. The second-order valence-electron chi connectivity index (χ2n) is 7.83. The number of benzene rings is 3. The standard InChI is InChI=1S/C26H22F3NO2S/c1-16-21-13-17(15-30-12-11-24(31)32)7-10-23(21)33-25(16)19-8-9-20(18-5-3-2-4-6-18)22(14-19)26(27,28)29/h2-10,13-14,30H,11-12,15H2,1H3,(H,31,32). The summed E-state index contributed by atoms with van der Waals surface area (Å²) >= 11 is 1.47. The van der Waals surface area contributed by atoms with E-state index >= 15 is 0 Å². The first-order chi connectivity index (χ1) is 15.7. The van der Waals surface area contributed by atoms with Gasteiger partial charge in [-0.3, -0.25) is 4.79 Å². The first-order valence-corrected chi connectivity index (χ1v) is 11.3. The van der Waals surface area contributed by atoms with Gasteiger partial charge in [0.05, 0.1) is 12.0 Å². The number of halogens is 3. The first-order valence-electron chi connectivity index (χ1n) is 10.5. The van der Waals surface area contributed by atoms with Gasteiger partial charge >= 0.3 is 12.1 Å². The number of carboxylic acids is 1. The van der Waals surface area contributed by atoms with Crippen LogP contribution in [-0.4, -0.2) is 17.6 Å². The van der Waals surface area contributed by atoms with Crippen LogP contribution in [0, 0.1) is 6.92 Å². The SMILES string of the molecule is Cc1c(-c2ccc(-c3ccccc3)c(C(F)(F)F)c2)sc2ccc(CNCCC(=O)O)cc12. The highest BCUT2D eigenvalue weighted by Gasteiger charge is 2.34. The number of alkyl halides is 3. The number of hydrogen-bond donors (Lipinski definition) is 2. The van der Waals surface area contributed by atoms with Crippen molar-refractivity contribution < 1.29 is 23.1 Å². The summed E-state index contributed by atoms with van der Waals surface area (Å²) in [5.74, 6) is -0.854. The Kier molecular flexibility index (Phi) is 6.54. The molecule has 4 aromatic rings. The Morgan fingerprint density at radius 3 is 2.45 bits per heavy atom.